The predicted octanol–water partition coefficient (Wildman–Crippen LogP) is 3.32. The largest absolute Gasteiger partial charge is 0.507 e. The highest BCUT2D eigenvalue weighted by Crippen LogP contribution is 2.43. The average molecular weight is 466 g/mol. The van der Waals surface area contributed by atoms with Gasteiger partial charge in [-0.3, -0.25) is 9.59 Å². The second-order valence-electron chi connectivity index (χ2n) is 8.97. The first-order valence-corrected chi connectivity index (χ1v) is 11.4. The molecule has 2 saturated heterocycles. The Morgan fingerprint density at radius 1 is 1.21 bits per heavy atom. The molecular formula is C26H27NO7. The summed E-state index contributed by atoms with van der Waals surface area (Å²) in [6.45, 7) is 2.81. The van der Waals surface area contributed by atoms with Gasteiger partial charge in [0.15, 0.2) is 11.5 Å². The molecule has 2 aromatic carbocycles. The van der Waals surface area contributed by atoms with Gasteiger partial charge in [0.25, 0.3) is 11.7 Å². The molecule has 3 unspecified atom stereocenters. The van der Waals surface area contributed by atoms with Crippen molar-refractivity contribution in [3.63, 3.8) is 0 Å². The fourth-order valence-corrected chi connectivity index (χ4v) is 5.01. The normalized spacial score (nSPS) is 25.5. The summed E-state index contributed by atoms with van der Waals surface area (Å²) < 4.78 is 16.7. The highest BCUT2D eigenvalue weighted by molar-refractivity contribution is 6.46. The van der Waals surface area contributed by atoms with Gasteiger partial charge in [0.05, 0.1) is 24.8 Å². The number of phenols is 1. The Kier molecular flexibility index (Phi) is 5.69. The van der Waals surface area contributed by atoms with Gasteiger partial charge in [-0.05, 0) is 61.2 Å². The number of aromatic hydroxyl groups is 1. The Labute approximate surface area is 197 Å². The highest BCUT2D eigenvalue weighted by Gasteiger charge is 2.47. The molecule has 0 aliphatic carbocycles. The van der Waals surface area contributed by atoms with Crippen LogP contribution in [0.3, 0.4) is 0 Å². The number of phenolic OH excluding ortho intramolecular Hbond substituents is 1. The van der Waals surface area contributed by atoms with Crippen molar-refractivity contribution in [3.05, 3.63) is 58.7 Å². The number of likely N-dealkylation sites (tertiary alicyclic amines) is 1. The van der Waals surface area contributed by atoms with E-state index in [4.69, 9.17) is 14.2 Å². The Hall–Kier alpha value is -3.52. The first-order chi connectivity index (χ1) is 16.4. The number of aliphatic hydroxyl groups is 1. The fourth-order valence-electron chi connectivity index (χ4n) is 5.01. The summed E-state index contributed by atoms with van der Waals surface area (Å²) >= 11 is 0. The van der Waals surface area contributed by atoms with Crippen molar-refractivity contribution in [2.45, 2.75) is 44.4 Å². The number of nitrogens with zero attached hydrogens (tertiary/aromatic N) is 1. The molecule has 34 heavy (non-hydrogen) atoms. The topological polar surface area (TPSA) is 106 Å². The summed E-state index contributed by atoms with van der Waals surface area (Å²) in [5.74, 6) is -0.779. The van der Waals surface area contributed by atoms with Crippen LogP contribution in [0.1, 0.15) is 42.5 Å². The molecule has 2 aromatic rings. The van der Waals surface area contributed by atoms with Crippen molar-refractivity contribution in [2.75, 3.05) is 20.3 Å². The van der Waals surface area contributed by atoms with Crippen LogP contribution >= 0.6 is 0 Å². The van der Waals surface area contributed by atoms with E-state index in [1.807, 2.05) is 6.92 Å². The zero-order valence-electron chi connectivity index (χ0n) is 19.1. The smallest absolute Gasteiger partial charge is 0.295 e. The summed E-state index contributed by atoms with van der Waals surface area (Å²) in [5.41, 5.74) is 1.93. The third kappa shape index (κ3) is 3.77. The molecule has 3 aliphatic rings. The zero-order valence-corrected chi connectivity index (χ0v) is 19.1. The standard InChI is InChI=1S/C26H27NO7/c1-14-10-17-11-16(6-8-20(17)34-14)24(29)22-23(15-5-7-19(28)21(12-15)32-2)27(26(31)25(22)30)13-18-4-3-9-33-18/h5-8,11-12,14,18,23,28-29H,3-4,9-10,13H2,1-2H3. The van der Waals surface area contributed by atoms with E-state index in [1.54, 1.807) is 30.3 Å². The minimum absolute atomic E-state index is 0.00246. The molecule has 1 amide bonds. The van der Waals surface area contributed by atoms with Gasteiger partial charge in [-0.25, -0.2) is 0 Å². The molecule has 178 valence electrons. The lowest BCUT2D eigenvalue weighted by Gasteiger charge is -2.27. The molecule has 0 saturated carbocycles. The quantitative estimate of drug-likeness (QED) is 0.396. The van der Waals surface area contributed by atoms with Gasteiger partial charge in [-0.15, -0.1) is 0 Å². The number of benzene rings is 2. The number of carbonyl (C=O) groups excluding carboxylic acids is 2. The summed E-state index contributed by atoms with van der Waals surface area (Å²) in [4.78, 5) is 27.8. The second-order valence-corrected chi connectivity index (χ2v) is 8.97. The maximum atomic E-state index is 13.2. The second kappa shape index (κ2) is 8.68. The van der Waals surface area contributed by atoms with Crippen LogP contribution in [0.25, 0.3) is 5.76 Å². The van der Waals surface area contributed by atoms with Crippen molar-refractivity contribution in [1.82, 2.24) is 4.90 Å². The molecule has 0 bridgehead atoms. The number of amides is 1. The molecule has 0 aromatic heterocycles. The number of Topliss-reactive ketones (excluding diaryl/α,β-unsaturated/α-hetero) is 1. The van der Waals surface area contributed by atoms with Crippen molar-refractivity contribution in [3.8, 4) is 17.2 Å². The number of ketones is 1. The van der Waals surface area contributed by atoms with E-state index in [0.717, 1.165) is 24.2 Å². The van der Waals surface area contributed by atoms with E-state index in [-0.39, 0.29) is 41.6 Å². The molecule has 3 aliphatic heterocycles. The Balaban J connectivity index is 1.62. The number of hydrogen-bond donors (Lipinski definition) is 2. The third-order valence-electron chi connectivity index (χ3n) is 6.65. The van der Waals surface area contributed by atoms with Crippen LogP contribution in [-0.2, 0) is 20.7 Å². The fraction of sp³-hybridized carbons (Fsp3) is 0.385. The lowest BCUT2D eigenvalue weighted by Crippen LogP contribution is -2.36. The Morgan fingerprint density at radius 3 is 2.76 bits per heavy atom. The van der Waals surface area contributed by atoms with Gasteiger partial charge in [-0.2, -0.15) is 0 Å². The number of rotatable bonds is 5. The SMILES string of the molecule is COc1cc(C2C(=C(O)c3ccc4c(c3)CC(C)O4)C(=O)C(=O)N2CC2CCCO2)ccc1O. The molecule has 2 fully saturated rings. The molecule has 8 heteroatoms. The van der Waals surface area contributed by atoms with Gasteiger partial charge >= 0.3 is 0 Å². The van der Waals surface area contributed by atoms with Crippen LogP contribution in [-0.4, -0.2) is 59.3 Å². The number of ether oxygens (including phenoxy) is 3. The van der Waals surface area contributed by atoms with Gasteiger partial charge in [0.2, 0.25) is 0 Å². The number of hydrogen-bond acceptors (Lipinski definition) is 7. The van der Waals surface area contributed by atoms with E-state index in [2.05, 4.69) is 0 Å². The Bertz CT molecular complexity index is 1180. The van der Waals surface area contributed by atoms with Gasteiger partial charge < -0.3 is 29.3 Å². The minimum Gasteiger partial charge on any atom is -0.507 e. The number of fused-ring (bicyclic) bond motifs is 1. The molecule has 8 nitrogen and oxygen atoms in total. The first-order valence-electron chi connectivity index (χ1n) is 11.4. The van der Waals surface area contributed by atoms with Crippen molar-refractivity contribution in [2.24, 2.45) is 0 Å². The number of aliphatic hydroxyl groups excluding tert-OH is 1. The molecule has 0 spiro atoms. The molecule has 2 N–H and O–H groups in total. The van der Waals surface area contributed by atoms with Crippen LogP contribution in [0.4, 0.5) is 0 Å². The third-order valence-corrected chi connectivity index (χ3v) is 6.65. The molecular weight excluding hydrogens is 438 g/mol. The van der Waals surface area contributed by atoms with E-state index in [1.165, 1.54) is 18.1 Å². The molecule has 0 radical (unpaired) electrons. The average Bonchev–Trinajstić information content (AvgIpc) is 3.53. The summed E-state index contributed by atoms with van der Waals surface area (Å²) in [6, 6.07) is 9.08. The molecule has 5 rings (SSSR count). The minimum atomic E-state index is -0.845. The summed E-state index contributed by atoms with van der Waals surface area (Å²) in [7, 11) is 1.43. The van der Waals surface area contributed by atoms with Gasteiger partial charge in [-0.1, -0.05) is 6.07 Å². The predicted molar refractivity (Wildman–Crippen MR) is 123 cm³/mol. The van der Waals surface area contributed by atoms with Crippen LogP contribution in [0.5, 0.6) is 17.2 Å². The van der Waals surface area contributed by atoms with Gasteiger partial charge in [0, 0.05) is 25.1 Å². The Morgan fingerprint density at radius 2 is 2.03 bits per heavy atom. The van der Waals surface area contributed by atoms with E-state index >= 15 is 0 Å². The van der Waals surface area contributed by atoms with E-state index < -0.39 is 17.7 Å². The van der Waals surface area contributed by atoms with Crippen molar-refractivity contribution < 1.29 is 34.0 Å². The van der Waals surface area contributed by atoms with Crippen LogP contribution in [0, 0.1) is 0 Å². The first kappa shape index (κ1) is 22.3. The lowest BCUT2D eigenvalue weighted by atomic mass is 9.94. The maximum Gasteiger partial charge on any atom is 0.295 e. The molecule has 3 atom stereocenters. The van der Waals surface area contributed by atoms with Crippen LogP contribution in [0.15, 0.2) is 42.0 Å². The number of carbonyl (C=O) groups is 2. The van der Waals surface area contributed by atoms with E-state index in [9.17, 15) is 19.8 Å². The maximum absolute atomic E-state index is 13.2. The molecule has 3 heterocycles. The monoisotopic (exact) mass is 465 g/mol. The van der Waals surface area contributed by atoms with Crippen molar-refractivity contribution in [1.29, 1.82) is 0 Å². The van der Waals surface area contributed by atoms with Crippen LogP contribution < -0.4 is 9.47 Å². The van der Waals surface area contributed by atoms with Gasteiger partial charge in [0.1, 0.15) is 17.6 Å². The summed E-state index contributed by atoms with van der Waals surface area (Å²) in [5, 5.41) is 21.4. The lowest BCUT2D eigenvalue weighted by molar-refractivity contribution is -0.140. The zero-order chi connectivity index (χ0) is 24.0. The number of methoxy groups -OCH3 is 1. The van der Waals surface area contributed by atoms with E-state index in [0.29, 0.717) is 24.2 Å². The van der Waals surface area contributed by atoms with Crippen LogP contribution in [0.2, 0.25) is 0 Å². The summed E-state index contributed by atoms with van der Waals surface area (Å²) in [6.07, 6.45) is 2.23. The highest BCUT2D eigenvalue weighted by atomic mass is 16.5. The van der Waals surface area contributed by atoms with Crippen molar-refractivity contribution >= 4 is 17.4 Å².